The van der Waals surface area contributed by atoms with Gasteiger partial charge in [-0.25, -0.2) is 19.3 Å². The van der Waals surface area contributed by atoms with Gasteiger partial charge in [0.05, 0.1) is 11.3 Å². The van der Waals surface area contributed by atoms with E-state index < -0.39 is 0 Å². The second kappa shape index (κ2) is 6.98. The maximum absolute atomic E-state index is 12.7. The lowest BCUT2D eigenvalue weighted by Gasteiger charge is -2.12. The van der Waals surface area contributed by atoms with Gasteiger partial charge in [-0.05, 0) is 24.3 Å². The van der Waals surface area contributed by atoms with Crippen LogP contribution >= 0.6 is 0 Å². The smallest absolute Gasteiger partial charge is 0.253 e. The molecule has 8 heteroatoms. The first-order chi connectivity index (χ1) is 12.8. The van der Waals surface area contributed by atoms with Crippen molar-refractivity contribution in [3.05, 3.63) is 84.8 Å². The number of pyridine rings is 1. The average Bonchev–Trinajstić information content (AvgIpc) is 3.40. The van der Waals surface area contributed by atoms with Gasteiger partial charge < -0.3 is 5.32 Å². The van der Waals surface area contributed by atoms with E-state index >= 15 is 0 Å². The Balaban J connectivity index is 1.56. The minimum absolute atomic E-state index is 0.190. The zero-order valence-electron chi connectivity index (χ0n) is 13.7. The quantitative estimate of drug-likeness (QED) is 0.595. The Labute approximate surface area is 149 Å². The maximum atomic E-state index is 12.7. The fourth-order valence-corrected chi connectivity index (χ4v) is 2.64. The molecule has 128 valence electrons. The van der Waals surface area contributed by atoms with Gasteiger partial charge in [0.15, 0.2) is 5.82 Å². The Hall–Kier alpha value is -3.81. The number of aromatic nitrogens is 6. The summed E-state index contributed by atoms with van der Waals surface area (Å²) in [6.07, 6.45) is 8.16. The van der Waals surface area contributed by atoms with E-state index in [4.69, 9.17) is 0 Å². The van der Waals surface area contributed by atoms with Crippen LogP contribution in [0, 0.1) is 0 Å². The average molecular weight is 345 g/mol. The van der Waals surface area contributed by atoms with Crippen molar-refractivity contribution in [1.29, 1.82) is 0 Å². The van der Waals surface area contributed by atoms with E-state index in [0.29, 0.717) is 17.9 Å². The summed E-state index contributed by atoms with van der Waals surface area (Å²) in [6.45, 7) is 0.315. The summed E-state index contributed by atoms with van der Waals surface area (Å²) >= 11 is 0. The normalized spacial score (nSPS) is 10.6. The highest BCUT2D eigenvalue weighted by molar-refractivity contribution is 5.97. The summed E-state index contributed by atoms with van der Waals surface area (Å²) in [7, 11) is 0. The molecule has 8 nitrogen and oxygen atoms in total. The molecule has 0 aliphatic carbocycles. The first-order valence-corrected chi connectivity index (χ1v) is 7.99. The highest BCUT2D eigenvalue weighted by atomic mass is 16.1. The Bertz CT molecular complexity index is 1010. The minimum atomic E-state index is -0.190. The van der Waals surface area contributed by atoms with Gasteiger partial charge in [0.2, 0.25) is 0 Å². The molecule has 0 bridgehead atoms. The van der Waals surface area contributed by atoms with Crippen LogP contribution in [0.3, 0.4) is 0 Å². The van der Waals surface area contributed by atoms with Crippen molar-refractivity contribution in [2.45, 2.75) is 6.54 Å². The number of carbonyl (C=O) groups is 1. The third kappa shape index (κ3) is 3.07. The monoisotopic (exact) mass is 345 g/mol. The molecule has 0 unspecified atom stereocenters. The van der Waals surface area contributed by atoms with Crippen molar-refractivity contribution >= 4 is 5.91 Å². The highest BCUT2D eigenvalue weighted by Crippen LogP contribution is 2.14. The number of carbonyl (C=O) groups excluding carboxylic acids is 1. The summed E-state index contributed by atoms with van der Waals surface area (Å²) in [5.74, 6) is 0.440. The van der Waals surface area contributed by atoms with Crippen molar-refractivity contribution in [2.75, 3.05) is 0 Å². The van der Waals surface area contributed by atoms with Crippen molar-refractivity contribution in [1.82, 2.24) is 34.8 Å². The molecule has 0 fully saturated rings. The zero-order chi connectivity index (χ0) is 17.8. The molecule has 1 N–H and O–H groups in total. The molecule has 1 amide bonds. The number of nitrogens with one attached hydrogen (secondary N) is 1. The van der Waals surface area contributed by atoms with E-state index in [2.05, 4.69) is 25.5 Å². The van der Waals surface area contributed by atoms with Crippen LogP contribution in [0.15, 0.2) is 73.7 Å². The van der Waals surface area contributed by atoms with Crippen LogP contribution < -0.4 is 5.32 Å². The SMILES string of the molecule is O=C(NCc1cccnc1-n1cncn1)c1ccccc1-n1cccn1. The van der Waals surface area contributed by atoms with Gasteiger partial charge in [-0.3, -0.25) is 4.79 Å². The minimum Gasteiger partial charge on any atom is -0.348 e. The molecule has 0 saturated carbocycles. The first kappa shape index (κ1) is 15.7. The van der Waals surface area contributed by atoms with E-state index in [9.17, 15) is 4.79 Å². The van der Waals surface area contributed by atoms with Gasteiger partial charge >= 0.3 is 0 Å². The molecule has 0 atom stereocenters. The summed E-state index contributed by atoms with van der Waals surface area (Å²) in [4.78, 5) is 21.0. The summed E-state index contributed by atoms with van der Waals surface area (Å²) < 4.78 is 3.24. The van der Waals surface area contributed by atoms with Gasteiger partial charge in [0.25, 0.3) is 5.91 Å². The van der Waals surface area contributed by atoms with Crippen LogP contribution in [0.2, 0.25) is 0 Å². The summed E-state index contributed by atoms with van der Waals surface area (Å²) in [5.41, 5.74) is 2.10. The number of para-hydroxylation sites is 1. The molecule has 3 heterocycles. The predicted octanol–water partition coefficient (Wildman–Crippen LogP) is 1.78. The molecule has 1 aromatic carbocycles. The lowest BCUT2D eigenvalue weighted by Crippen LogP contribution is -2.25. The van der Waals surface area contributed by atoms with Crippen LogP contribution in [-0.4, -0.2) is 35.4 Å². The third-order valence-corrected chi connectivity index (χ3v) is 3.84. The van der Waals surface area contributed by atoms with Gasteiger partial charge in [-0.1, -0.05) is 18.2 Å². The Morgan fingerprint density at radius 3 is 2.73 bits per heavy atom. The molecule has 0 aliphatic rings. The van der Waals surface area contributed by atoms with Crippen LogP contribution in [0.5, 0.6) is 0 Å². The topological polar surface area (TPSA) is 90.5 Å². The first-order valence-electron chi connectivity index (χ1n) is 7.99. The molecule has 0 radical (unpaired) electrons. The van der Waals surface area contributed by atoms with E-state index in [-0.39, 0.29) is 5.91 Å². The summed E-state index contributed by atoms with van der Waals surface area (Å²) in [5, 5.41) is 11.2. The van der Waals surface area contributed by atoms with Gasteiger partial charge in [-0.2, -0.15) is 10.2 Å². The van der Waals surface area contributed by atoms with E-state index in [1.54, 1.807) is 40.3 Å². The van der Waals surface area contributed by atoms with Gasteiger partial charge in [0.1, 0.15) is 12.7 Å². The van der Waals surface area contributed by atoms with Gasteiger partial charge in [0, 0.05) is 30.7 Å². The van der Waals surface area contributed by atoms with E-state index in [1.807, 2.05) is 36.4 Å². The van der Waals surface area contributed by atoms with E-state index in [0.717, 1.165) is 11.3 Å². The van der Waals surface area contributed by atoms with Crippen LogP contribution in [0.25, 0.3) is 11.5 Å². The fraction of sp³-hybridized carbons (Fsp3) is 0.0556. The number of hydrogen-bond acceptors (Lipinski definition) is 5. The molecule has 0 saturated heterocycles. The molecular weight excluding hydrogens is 330 g/mol. The fourth-order valence-electron chi connectivity index (χ4n) is 2.64. The summed E-state index contributed by atoms with van der Waals surface area (Å²) in [6, 6.07) is 12.9. The highest BCUT2D eigenvalue weighted by Gasteiger charge is 2.14. The van der Waals surface area contributed by atoms with E-state index in [1.165, 1.54) is 6.33 Å². The number of benzene rings is 1. The van der Waals surface area contributed by atoms with Crippen LogP contribution in [0.1, 0.15) is 15.9 Å². The van der Waals surface area contributed by atoms with Crippen LogP contribution in [0.4, 0.5) is 0 Å². The van der Waals surface area contributed by atoms with Crippen molar-refractivity contribution in [3.63, 3.8) is 0 Å². The van der Waals surface area contributed by atoms with Crippen LogP contribution in [-0.2, 0) is 6.54 Å². The number of amides is 1. The van der Waals surface area contributed by atoms with Gasteiger partial charge in [-0.15, -0.1) is 0 Å². The van der Waals surface area contributed by atoms with Crippen molar-refractivity contribution < 1.29 is 4.79 Å². The predicted molar refractivity (Wildman–Crippen MR) is 93.9 cm³/mol. The largest absolute Gasteiger partial charge is 0.348 e. The lowest BCUT2D eigenvalue weighted by molar-refractivity contribution is 0.0950. The standard InChI is InChI=1S/C18H15N7O/c26-18(15-6-1-2-7-16(15)24-10-4-9-22-24)21-11-14-5-3-8-20-17(14)25-13-19-12-23-25/h1-10,12-13H,11H2,(H,21,26). The molecule has 4 aromatic rings. The molecule has 4 rings (SSSR count). The van der Waals surface area contributed by atoms with Crippen molar-refractivity contribution in [2.24, 2.45) is 0 Å². The molecule has 0 aliphatic heterocycles. The Morgan fingerprint density at radius 2 is 1.92 bits per heavy atom. The molecular formula is C18H15N7O. The maximum Gasteiger partial charge on any atom is 0.253 e. The Morgan fingerprint density at radius 1 is 1.00 bits per heavy atom. The Kier molecular flexibility index (Phi) is 4.21. The second-order valence-electron chi connectivity index (χ2n) is 5.48. The zero-order valence-corrected chi connectivity index (χ0v) is 13.7. The molecule has 0 spiro atoms. The third-order valence-electron chi connectivity index (χ3n) is 3.84. The second-order valence-corrected chi connectivity index (χ2v) is 5.48. The van der Waals surface area contributed by atoms with Crippen molar-refractivity contribution in [3.8, 4) is 11.5 Å². The molecule has 26 heavy (non-hydrogen) atoms. The number of rotatable bonds is 5. The lowest BCUT2D eigenvalue weighted by atomic mass is 10.1. The number of hydrogen-bond donors (Lipinski definition) is 1. The molecule has 3 aromatic heterocycles. The number of nitrogens with zero attached hydrogens (tertiary/aromatic N) is 6.